The highest BCUT2D eigenvalue weighted by Gasteiger charge is 2.25. The van der Waals surface area contributed by atoms with Crippen molar-refractivity contribution in [3.8, 4) is 5.69 Å². The van der Waals surface area contributed by atoms with E-state index in [1.54, 1.807) is 19.1 Å². The molecule has 9 heteroatoms. The van der Waals surface area contributed by atoms with Crippen LogP contribution in [0.2, 0.25) is 5.02 Å². The maximum absolute atomic E-state index is 12.7. The van der Waals surface area contributed by atoms with Crippen molar-refractivity contribution in [1.29, 1.82) is 0 Å². The molecule has 2 heterocycles. The third-order valence-corrected chi connectivity index (χ3v) is 4.05. The quantitative estimate of drug-likeness (QED) is 0.395. The van der Waals surface area contributed by atoms with Gasteiger partial charge in [0.05, 0.1) is 22.8 Å². The van der Waals surface area contributed by atoms with Gasteiger partial charge >= 0.3 is 17.2 Å². The lowest BCUT2D eigenvalue weighted by molar-refractivity contribution is -0.386. The lowest BCUT2D eigenvalue weighted by atomic mass is 10.2. The Morgan fingerprint density at radius 3 is 2.62 bits per heavy atom. The fourth-order valence-corrected chi connectivity index (χ4v) is 2.83. The summed E-state index contributed by atoms with van der Waals surface area (Å²) in [5.41, 5.74) is -0.857. The van der Waals surface area contributed by atoms with Crippen molar-refractivity contribution in [1.82, 2.24) is 9.55 Å². The normalized spacial score (nSPS) is 10.7. The summed E-state index contributed by atoms with van der Waals surface area (Å²) in [6.45, 7) is 1.93. The van der Waals surface area contributed by atoms with Gasteiger partial charge < -0.3 is 4.74 Å². The molecule has 0 aliphatic heterocycles. The van der Waals surface area contributed by atoms with Gasteiger partial charge in [0.2, 0.25) is 0 Å². The van der Waals surface area contributed by atoms with Crippen molar-refractivity contribution in [3.05, 3.63) is 73.6 Å². The second kappa shape index (κ2) is 6.93. The molecule has 0 spiro atoms. The van der Waals surface area contributed by atoms with E-state index in [0.29, 0.717) is 11.3 Å². The fraction of sp³-hybridized carbons (Fsp3) is 0.118. The van der Waals surface area contributed by atoms with Crippen molar-refractivity contribution in [2.24, 2.45) is 0 Å². The molecule has 0 bridgehead atoms. The van der Waals surface area contributed by atoms with E-state index < -0.39 is 22.1 Å². The summed E-state index contributed by atoms with van der Waals surface area (Å²) in [7, 11) is 0. The number of carbonyl (C=O) groups excluding carboxylic acids is 1. The number of aromatic nitrogens is 2. The molecule has 0 saturated carbocycles. The van der Waals surface area contributed by atoms with Gasteiger partial charge in [-0.1, -0.05) is 11.6 Å². The Labute approximate surface area is 151 Å². The number of nitrogens with zero attached hydrogens (tertiary/aromatic N) is 3. The van der Waals surface area contributed by atoms with Crippen LogP contribution < -0.4 is 5.56 Å². The molecule has 3 aromatic rings. The third kappa shape index (κ3) is 2.91. The minimum Gasteiger partial charge on any atom is -0.462 e. The second-order valence-corrected chi connectivity index (χ2v) is 5.58. The van der Waals surface area contributed by atoms with Crippen LogP contribution in [0.15, 0.2) is 47.4 Å². The molecule has 0 unspecified atom stereocenters. The minimum absolute atomic E-state index is 0.178. The largest absolute Gasteiger partial charge is 0.462 e. The monoisotopic (exact) mass is 373 g/mol. The lowest BCUT2D eigenvalue weighted by Crippen LogP contribution is -2.23. The summed E-state index contributed by atoms with van der Waals surface area (Å²) in [5, 5.41) is 11.3. The maximum Gasteiger partial charge on any atom is 0.353 e. The van der Waals surface area contributed by atoms with Gasteiger partial charge in [-0.25, -0.2) is 9.78 Å². The van der Waals surface area contributed by atoms with E-state index in [1.807, 2.05) is 0 Å². The predicted molar refractivity (Wildman–Crippen MR) is 95.0 cm³/mol. The first kappa shape index (κ1) is 17.6. The summed E-state index contributed by atoms with van der Waals surface area (Å²) in [4.78, 5) is 39.0. The maximum atomic E-state index is 12.7. The summed E-state index contributed by atoms with van der Waals surface area (Å²) in [5.74, 6) is -0.503. The molecule has 8 nitrogen and oxygen atoms in total. The molecule has 1 aromatic carbocycles. The Bertz CT molecular complexity index is 1080. The summed E-state index contributed by atoms with van der Waals surface area (Å²) in [6, 6.07) is 9.01. The van der Waals surface area contributed by atoms with E-state index in [-0.39, 0.29) is 22.7 Å². The van der Waals surface area contributed by atoms with Crippen LogP contribution >= 0.6 is 11.6 Å². The smallest absolute Gasteiger partial charge is 0.353 e. The van der Waals surface area contributed by atoms with Gasteiger partial charge in [-0.15, -0.1) is 0 Å². The zero-order chi connectivity index (χ0) is 18.8. The number of esters is 1. The van der Waals surface area contributed by atoms with E-state index in [9.17, 15) is 19.7 Å². The first-order valence-corrected chi connectivity index (χ1v) is 7.94. The molecule has 132 valence electrons. The van der Waals surface area contributed by atoms with Crippen molar-refractivity contribution < 1.29 is 14.5 Å². The highest BCUT2D eigenvalue weighted by atomic mass is 35.5. The molecule has 0 atom stereocenters. The molecular formula is C17H12ClN3O5. The highest BCUT2D eigenvalue weighted by Crippen LogP contribution is 2.29. The van der Waals surface area contributed by atoms with Gasteiger partial charge in [0.15, 0.2) is 0 Å². The lowest BCUT2D eigenvalue weighted by Gasteiger charge is -2.11. The molecule has 0 amide bonds. The molecule has 0 radical (unpaired) electrons. The zero-order valence-corrected chi connectivity index (χ0v) is 14.3. The third-order valence-electron chi connectivity index (χ3n) is 3.67. The van der Waals surface area contributed by atoms with Crippen LogP contribution in [0.25, 0.3) is 16.7 Å². The molecule has 2 aromatic heterocycles. The highest BCUT2D eigenvalue weighted by molar-refractivity contribution is 6.37. The van der Waals surface area contributed by atoms with E-state index in [2.05, 4.69) is 4.98 Å². The number of halogens is 1. The molecule has 0 aliphatic rings. The molecule has 26 heavy (non-hydrogen) atoms. The van der Waals surface area contributed by atoms with E-state index in [0.717, 1.165) is 4.57 Å². The number of nitro groups is 1. The molecule has 0 saturated heterocycles. The van der Waals surface area contributed by atoms with Crippen LogP contribution in [-0.4, -0.2) is 27.1 Å². The van der Waals surface area contributed by atoms with Crippen molar-refractivity contribution >= 4 is 34.3 Å². The van der Waals surface area contributed by atoms with Crippen LogP contribution in [0.5, 0.6) is 0 Å². The number of hydrogen-bond donors (Lipinski definition) is 0. The SMILES string of the molecule is CCOC(=O)c1ccc(-n2c(=O)c([N+](=O)[O-])c(Cl)c3cccnc32)cc1. The number of pyridine rings is 2. The summed E-state index contributed by atoms with van der Waals surface area (Å²) >= 11 is 6.05. The fourth-order valence-electron chi connectivity index (χ4n) is 2.53. The molecule has 0 fully saturated rings. The Morgan fingerprint density at radius 2 is 2.00 bits per heavy atom. The standard InChI is InChI=1S/C17H12ClN3O5/c1-2-26-17(23)10-5-7-11(8-6-10)20-15-12(4-3-9-19-15)13(18)14(16(20)22)21(24)25/h3-9H,2H2,1H3. The number of fused-ring (bicyclic) bond motifs is 1. The Morgan fingerprint density at radius 1 is 1.31 bits per heavy atom. The van der Waals surface area contributed by atoms with Gasteiger partial charge in [0.25, 0.3) is 0 Å². The second-order valence-electron chi connectivity index (χ2n) is 5.20. The van der Waals surface area contributed by atoms with E-state index >= 15 is 0 Å². The Balaban J connectivity index is 2.26. The van der Waals surface area contributed by atoms with Gasteiger partial charge in [-0.2, -0.15) is 0 Å². The van der Waals surface area contributed by atoms with Gasteiger partial charge in [0.1, 0.15) is 10.7 Å². The van der Waals surface area contributed by atoms with Crippen LogP contribution in [0.4, 0.5) is 5.69 Å². The van der Waals surface area contributed by atoms with Crippen LogP contribution in [0.3, 0.4) is 0 Å². The number of benzene rings is 1. The summed E-state index contributed by atoms with van der Waals surface area (Å²) in [6.07, 6.45) is 1.45. The molecule has 3 rings (SSSR count). The van der Waals surface area contributed by atoms with Crippen molar-refractivity contribution in [3.63, 3.8) is 0 Å². The average molecular weight is 374 g/mol. The minimum atomic E-state index is -0.907. The van der Waals surface area contributed by atoms with E-state index in [4.69, 9.17) is 16.3 Å². The molecular weight excluding hydrogens is 362 g/mol. The van der Waals surface area contributed by atoms with Gasteiger partial charge in [0, 0.05) is 11.6 Å². The van der Waals surface area contributed by atoms with Crippen LogP contribution in [-0.2, 0) is 4.74 Å². The number of rotatable bonds is 4. The van der Waals surface area contributed by atoms with Crippen LogP contribution in [0, 0.1) is 10.1 Å². The van der Waals surface area contributed by atoms with Gasteiger partial charge in [-0.3, -0.25) is 19.5 Å². The number of ether oxygens (including phenoxy) is 1. The Hall–Kier alpha value is -3.26. The Kier molecular flexibility index (Phi) is 4.68. The molecule has 0 aliphatic carbocycles. The van der Waals surface area contributed by atoms with Crippen LogP contribution in [0.1, 0.15) is 17.3 Å². The topological polar surface area (TPSA) is 104 Å². The van der Waals surface area contributed by atoms with Gasteiger partial charge in [-0.05, 0) is 43.3 Å². The average Bonchev–Trinajstić information content (AvgIpc) is 2.62. The van der Waals surface area contributed by atoms with E-state index in [1.165, 1.54) is 30.5 Å². The van der Waals surface area contributed by atoms with Crippen molar-refractivity contribution in [2.45, 2.75) is 6.92 Å². The summed E-state index contributed by atoms with van der Waals surface area (Å²) < 4.78 is 6.00. The zero-order valence-electron chi connectivity index (χ0n) is 13.5. The first-order valence-electron chi connectivity index (χ1n) is 7.57. The first-order chi connectivity index (χ1) is 12.5. The predicted octanol–water partition coefficient (Wildman–Crippen LogP) is 3.12. The molecule has 0 N–H and O–H groups in total. The number of carbonyl (C=O) groups is 1. The number of hydrogen-bond acceptors (Lipinski definition) is 6. The van der Waals surface area contributed by atoms with Crippen molar-refractivity contribution in [2.75, 3.05) is 6.61 Å².